The molecule has 2 rings (SSSR count). The Kier molecular flexibility index (Phi) is 4.58. The van der Waals surface area contributed by atoms with Gasteiger partial charge in [0.25, 0.3) is 0 Å². The lowest BCUT2D eigenvalue weighted by atomic mass is 9.80. The highest BCUT2D eigenvalue weighted by Crippen LogP contribution is 2.42. The smallest absolute Gasteiger partial charge is 0.471 e. The van der Waals surface area contributed by atoms with Crippen LogP contribution in [0.1, 0.15) is 33.6 Å². The van der Waals surface area contributed by atoms with Crippen molar-refractivity contribution < 1.29 is 32.7 Å². The van der Waals surface area contributed by atoms with Crippen molar-refractivity contribution in [3.63, 3.8) is 0 Å². The summed E-state index contributed by atoms with van der Waals surface area (Å²) < 4.78 is 37.5. The first-order valence-electron chi connectivity index (χ1n) is 7.77. The molecule has 0 unspecified atom stereocenters. The maximum absolute atomic E-state index is 12.7. The number of halogens is 3. The number of carboxylic acid groups (broad SMARTS) is 1. The number of nitrogens with one attached hydrogen (secondary N) is 1. The molecule has 0 radical (unpaired) electrons. The second-order valence-electron chi connectivity index (χ2n) is 7.31. The molecule has 1 heterocycles. The minimum absolute atomic E-state index is 0.120. The molecule has 2 fully saturated rings. The van der Waals surface area contributed by atoms with Gasteiger partial charge < -0.3 is 15.3 Å². The highest BCUT2D eigenvalue weighted by molar-refractivity contribution is 5.92. The van der Waals surface area contributed by atoms with Gasteiger partial charge in [-0.15, -0.1) is 0 Å². The molecule has 0 spiro atoms. The number of amides is 2. The van der Waals surface area contributed by atoms with Crippen molar-refractivity contribution in [2.45, 2.75) is 51.9 Å². The Morgan fingerprint density at radius 1 is 1.25 bits per heavy atom. The van der Waals surface area contributed by atoms with Crippen LogP contribution in [0.15, 0.2) is 0 Å². The molecule has 24 heavy (non-hydrogen) atoms. The number of hydrogen-bond donors (Lipinski definition) is 2. The topological polar surface area (TPSA) is 86.7 Å². The Morgan fingerprint density at radius 2 is 1.79 bits per heavy atom. The van der Waals surface area contributed by atoms with Gasteiger partial charge in [-0.2, -0.15) is 13.2 Å². The summed E-state index contributed by atoms with van der Waals surface area (Å²) in [6.07, 6.45) is -4.03. The summed E-state index contributed by atoms with van der Waals surface area (Å²) in [7, 11) is 0. The van der Waals surface area contributed by atoms with Crippen LogP contribution < -0.4 is 5.32 Å². The second kappa shape index (κ2) is 5.93. The lowest BCUT2D eigenvalue weighted by molar-refractivity contribution is -0.175. The van der Waals surface area contributed by atoms with E-state index in [0.717, 1.165) is 4.90 Å². The summed E-state index contributed by atoms with van der Waals surface area (Å²) in [5, 5.41) is 11.2. The van der Waals surface area contributed by atoms with Gasteiger partial charge in [0.05, 0.1) is 0 Å². The van der Waals surface area contributed by atoms with Crippen molar-refractivity contribution >= 4 is 17.8 Å². The zero-order valence-corrected chi connectivity index (χ0v) is 13.7. The van der Waals surface area contributed by atoms with Crippen LogP contribution in [-0.4, -0.2) is 52.6 Å². The number of aliphatic carboxylic acids is 1. The number of alkyl halides is 3. The second-order valence-corrected chi connectivity index (χ2v) is 7.31. The Bertz CT molecular complexity index is 557. The molecule has 136 valence electrons. The number of carboxylic acids is 1. The Morgan fingerprint density at radius 3 is 2.21 bits per heavy atom. The van der Waals surface area contributed by atoms with Crippen LogP contribution >= 0.6 is 0 Å². The molecule has 0 aromatic heterocycles. The first-order chi connectivity index (χ1) is 10.9. The SMILES string of the molecule is C[C@H]1[C@@H](C(=O)O)N(C(=O)[C@@H](NC(=O)C(F)(F)F)C2CC2)CC1(C)C. The molecule has 3 atom stereocenters. The average molecular weight is 350 g/mol. The molecular formula is C15H21F3N2O4. The van der Waals surface area contributed by atoms with E-state index in [1.165, 1.54) is 0 Å². The molecule has 2 aliphatic rings. The fourth-order valence-electron chi connectivity index (χ4n) is 3.15. The molecule has 2 N–H and O–H groups in total. The third kappa shape index (κ3) is 3.49. The van der Waals surface area contributed by atoms with Gasteiger partial charge in [0.2, 0.25) is 5.91 Å². The van der Waals surface area contributed by atoms with E-state index in [1.54, 1.807) is 26.1 Å². The first kappa shape index (κ1) is 18.5. The van der Waals surface area contributed by atoms with E-state index in [2.05, 4.69) is 0 Å². The Balaban J connectivity index is 2.23. The summed E-state index contributed by atoms with van der Waals surface area (Å²) in [4.78, 5) is 36.6. The van der Waals surface area contributed by atoms with Gasteiger partial charge in [0.15, 0.2) is 0 Å². The zero-order chi connectivity index (χ0) is 18.4. The average Bonchev–Trinajstić information content (AvgIpc) is 3.22. The van der Waals surface area contributed by atoms with Gasteiger partial charge in [0, 0.05) is 6.54 Å². The van der Waals surface area contributed by atoms with Gasteiger partial charge in [0.1, 0.15) is 12.1 Å². The molecule has 9 heteroatoms. The summed E-state index contributed by atoms with van der Waals surface area (Å²) in [6, 6.07) is -2.45. The van der Waals surface area contributed by atoms with Crippen LogP contribution in [0.25, 0.3) is 0 Å². The van der Waals surface area contributed by atoms with Gasteiger partial charge >= 0.3 is 18.1 Å². The van der Waals surface area contributed by atoms with Crippen LogP contribution in [0, 0.1) is 17.3 Å². The van der Waals surface area contributed by atoms with Crippen LogP contribution in [0.5, 0.6) is 0 Å². The van der Waals surface area contributed by atoms with Crippen molar-refractivity contribution in [2.24, 2.45) is 17.3 Å². The predicted molar refractivity (Wildman–Crippen MR) is 76.8 cm³/mol. The van der Waals surface area contributed by atoms with Gasteiger partial charge in [-0.05, 0) is 30.1 Å². The van der Waals surface area contributed by atoms with E-state index >= 15 is 0 Å². The van der Waals surface area contributed by atoms with E-state index in [1.807, 2.05) is 0 Å². The molecule has 1 saturated heterocycles. The van der Waals surface area contributed by atoms with Crippen molar-refractivity contribution in [1.29, 1.82) is 0 Å². The third-order valence-electron chi connectivity index (χ3n) is 5.06. The quantitative estimate of drug-likeness (QED) is 0.802. The lowest BCUT2D eigenvalue weighted by Gasteiger charge is -2.28. The summed E-state index contributed by atoms with van der Waals surface area (Å²) in [5.41, 5.74) is -0.485. The van der Waals surface area contributed by atoms with Gasteiger partial charge in [-0.25, -0.2) is 4.79 Å². The molecule has 1 aliphatic heterocycles. The van der Waals surface area contributed by atoms with Crippen LogP contribution in [-0.2, 0) is 14.4 Å². The van der Waals surface area contributed by atoms with Gasteiger partial charge in [-0.1, -0.05) is 20.8 Å². The number of carbonyl (C=O) groups is 3. The van der Waals surface area contributed by atoms with Crippen LogP contribution in [0.2, 0.25) is 0 Å². The molecular weight excluding hydrogens is 329 g/mol. The summed E-state index contributed by atoms with van der Waals surface area (Å²) in [6.45, 7) is 5.43. The monoisotopic (exact) mass is 350 g/mol. The maximum Gasteiger partial charge on any atom is 0.471 e. The summed E-state index contributed by atoms with van der Waals surface area (Å²) >= 11 is 0. The van der Waals surface area contributed by atoms with Crippen molar-refractivity contribution in [1.82, 2.24) is 10.2 Å². The van der Waals surface area contributed by atoms with Crippen LogP contribution in [0.4, 0.5) is 13.2 Å². The fourth-order valence-corrected chi connectivity index (χ4v) is 3.15. The summed E-state index contributed by atoms with van der Waals surface area (Å²) in [5.74, 6) is -4.86. The zero-order valence-electron chi connectivity index (χ0n) is 13.7. The Labute approximate surface area is 137 Å². The van der Waals surface area contributed by atoms with E-state index in [4.69, 9.17) is 0 Å². The van der Waals surface area contributed by atoms with Crippen molar-refractivity contribution in [2.75, 3.05) is 6.54 Å². The third-order valence-corrected chi connectivity index (χ3v) is 5.06. The number of nitrogens with zero attached hydrogens (tertiary/aromatic N) is 1. The number of carbonyl (C=O) groups excluding carboxylic acids is 2. The van der Waals surface area contributed by atoms with Crippen molar-refractivity contribution in [3.05, 3.63) is 0 Å². The van der Waals surface area contributed by atoms with E-state index in [9.17, 15) is 32.7 Å². The number of hydrogen-bond acceptors (Lipinski definition) is 3. The molecule has 6 nitrogen and oxygen atoms in total. The normalized spacial score (nSPS) is 27.7. The fraction of sp³-hybridized carbons (Fsp3) is 0.800. The van der Waals surface area contributed by atoms with Crippen LogP contribution in [0.3, 0.4) is 0 Å². The number of likely N-dealkylation sites (tertiary alicyclic amines) is 1. The minimum Gasteiger partial charge on any atom is -0.480 e. The minimum atomic E-state index is -5.09. The molecule has 2 amide bonds. The predicted octanol–water partition coefficient (Wildman–Crippen LogP) is 1.40. The van der Waals surface area contributed by atoms with Crippen molar-refractivity contribution in [3.8, 4) is 0 Å². The standard InChI is InChI=1S/C15H21F3N2O4/c1-7-10(12(22)23)20(6-14(7,2)3)11(21)9(8-4-5-8)19-13(24)15(16,17)18/h7-10H,4-6H2,1-3H3,(H,19,24)(H,22,23)/t7-,9-,10-/m0/s1. The van der Waals surface area contributed by atoms with E-state index < -0.39 is 41.5 Å². The first-order valence-corrected chi connectivity index (χ1v) is 7.77. The Hall–Kier alpha value is -1.80. The molecule has 0 bridgehead atoms. The number of rotatable bonds is 4. The highest BCUT2D eigenvalue weighted by Gasteiger charge is 2.53. The maximum atomic E-state index is 12.7. The largest absolute Gasteiger partial charge is 0.480 e. The van der Waals surface area contributed by atoms with Gasteiger partial charge in [-0.3, -0.25) is 9.59 Å². The molecule has 1 saturated carbocycles. The van der Waals surface area contributed by atoms with E-state index in [0.29, 0.717) is 12.8 Å². The lowest BCUT2D eigenvalue weighted by Crippen LogP contribution is -2.55. The molecule has 0 aromatic rings. The molecule has 0 aromatic carbocycles. The molecule has 1 aliphatic carbocycles. The highest BCUT2D eigenvalue weighted by atomic mass is 19.4. The van der Waals surface area contributed by atoms with E-state index in [-0.39, 0.29) is 18.4 Å².